The van der Waals surface area contributed by atoms with Crippen molar-refractivity contribution < 1.29 is 23.4 Å². The summed E-state index contributed by atoms with van der Waals surface area (Å²) in [7, 11) is 3.00. The first-order valence-corrected chi connectivity index (χ1v) is 14.2. The second kappa shape index (κ2) is 12.9. The SMILES string of the molecule is COCCO[C@@H](Cn1c(=O)n(C(C)C(=O)CC(C)C)c(=O)c2c(C)c(-n3cccn3)sc21)c1cc(F)ccc1OC. The van der Waals surface area contributed by atoms with Gasteiger partial charge in [0.25, 0.3) is 5.56 Å². The van der Waals surface area contributed by atoms with E-state index in [4.69, 9.17) is 14.2 Å². The Hall–Kier alpha value is -3.61. The number of carbonyl (C=O) groups excluding carboxylic acids is 1. The molecule has 10 nitrogen and oxygen atoms in total. The van der Waals surface area contributed by atoms with Crippen LogP contribution >= 0.6 is 11.3 Å². The number of hydrogen-bond acceptors (Lipinski definition) is 8. The van der Waals surface area contributed by atoms with Crippen LogP contribution in [0.15, 0.2) is 46.2 Å². The van der Waals surface area contributed by atoms with Crippen molar-refractivity contribution in [1.82, 2.24) is 18.9 Å². The van der Waals surface area contributed by atoms with E-state index in [1.165, 1.54) is 48.3 Å². The molecule has 0 aliphatic carbocycles. The van der Waals surface area contributed by atoms with Crippen LogP contribution in [-0.4, -0.2) is 52.1 Å². The van der Waals surface area contributed by atoms with E-state index in [-0.39, 0.29) is 37.9 Å². The molecule has 1 unspecified atom stereocenters. The van der Waals surface area contributed by atoms with E-state index in [9.17, 15) is 18.8 Å². The Labute approximate surface area is 240 Å². The highest BCUT2D eigenvalue weighted by atomic mass is 32.1. The van der Waals surface area contributed by atoms with Crippen molar-refractivity contribution in [1.29, 1.82) is 0 Å². The van der Waals surface area contributed by atoms with Gasteiger partial charge in [0.15, 0.2) is 5.78 Å². The van der Waals surface area contributed by atoms with Crippen LogP contribution in [0.5, 0.6) is 5.75 Å². The molecular formula is C29H35FN4O6S. The molecule has 3 heterocycles. The summed E-state index contributed by atoms with van der Waals surface area (Å²) in [4.78, 5) is 41.5. The van der Waals surface area contributed by atoms with Crippen LogP contribution in [0.1, 0.15) is 50.5 Å². The molecule has 1 aromatic carbocycles. The van der Waals surface area contributed by atoms with Gasteiger partial charge in [0.1, 0.15) is 27.5 Å². The number of hydrogen-bond donors (Lipinski definition) is 0. The van der Waals surface area contributed by atoms with Crippen LogP contribution in [0.25, 0.3) is 15.2 Å². The number of halogens is 1. The Morgan fingerprint density at radius 3 is 2.54 bits per heavy atom. The molecule has 0 bridgehead atoms. The number of nitrogens with zero attached hydrogens (tertiary/aromatic N) is 4. The number of fused-ring (bicyclic) bond motifs is 1. The summed E-state index contributed by atoms with van der Waals surface area (Å²) >= 11 is 1.23. The fourth-order valence-corrected chi connectivity index (χ4v) is 6.06. The first-order chi connectivity index (χ1) is 19.6. The summed E-state index contributed by atoms with van der Waals surface area (Å²) < 4.78 is 35.3. The van der Waals surface area contributed by atoms with Gasteiger partial charge in [-0.25, -0.2) is 18.4 Å². The number of methoxy groups -OCH3 is 2. The topological polar surface area (TPSA) is 107 Å². The van der Waals surface area contributed by atoms with Crippen LogP contribution in [0, 0.1) is 18.7 Å². The molecular weight excluding hydrogens is 551 g/mol. The van der Waals surface area contributed by atoms with E-state index in [0.717, 1.165) is 4.57 Å². The zero-order valence-corrected chi connectivity index (χ0v) is 24.9. The molecule has 0 aliphatic rings. The number of Topliss-reactive ketones (excluding diaryl/α,β-unsaturated/α-hetero) is 1. The number of carbonyl (C=O) groups is 1. The monoisotopic (exact) mass is 586 g/mol. The lowest BCUT2D eigenvalue weighted by Gasteiger charge is -2.23. The molecule has 0 aliphatic heterocycles. The van der Waals surface area contributed by atoms with E-state index in [1.807, 2.05) is 13.8 Å². The average Bonchev–Trinajstić information content (AvgIpc) is 3.58. The molecule has 0 saturated heterocycles. The van der Waals surface area contributed by atoms with Gasteiger partial charge in [-0.2, -0.15) is 5.10 Å². The minimum absolute atomic E-state index is 0.0555. The van der Waals surface area contributed by atoms with Crippen molar-refractivity contribution in [3.8, 4) is 10.8 Å². The Morgan fingerprint density at radius 2 is 1.90 bits per heavy atom. The minimum Gasteiger partial charge on any atom is -0.496 e. The van der Waals surface area contributed by atoms with Gasteiger partial charge in [0.05, 0.1) is 38.3 Å². The number of ketones is 1. The standard InChI is InChI=1S/C29H35FN4O6S/c1-17(2)14-22(35)19(4)34-26(36)25-18(3)27(33-11-7-10-31-33)41-28(25)32(29(34)37)16-24(40-13-12-38-5)21-15-20(30)8-9-23(21)39-6/h7-11,15,17,19,24H,12-14,16H2,1-6H3/t19?,24-/m0/s1. The van der Waals surface area contributed by atoms with Crippen molar-refractivity contribution in [3.05, 3.63) is 74.4 Å². The van der Waals surface area contributed by atoms with Crippen molar-refractivity contribution in [2.75, 3.05) is 27.4 Å². The van der Waals surface area contributed by atoms with E-state index in [0.29, 0.717) is 32.1 Å². The third-order valence-electron chi connectivity index (χ3n) is 6.89. The molecule has 41 heavy (non-hydrogen) atoms. The highest BCUT2D eigenvalue weighted by Crippen LogP contribution is 2.34. The zero-order valence-electron chi connectivity index (χ0n) is 24.0. The van der Waals surface area contributed by atoms with Crippen molar-refractivity contribution in [2.45, 2.75) is 52.8 Å². The zero-order chi connectivity index (χ0) is 29.8. The summed E-state index contributed by atoms with van der Waals surface area (Å²) in [6.45, 7) is 7.51. The fourth-order valence-electron chi connectivity index (χ4n) is 4.82. The fraction of sp³-hybridized carbons (Fsp3) is 0.448. The average molecular weight is 587 g/mol. The Balaban J connectivity index is 1.98. The molecule has 0 radical (unpaired) electrons. The third kappa shape index (κ3) is 6.19. The maximum atomic E-state index is 14.4. The van der Waals surface area contributed by atoms with Gasteiger partial charge in [-0.3, -0.25) is 14.2 Å². The third-order valence-corrected chi connectivity index (χ3v) is 8.19. The Morgan fingerprint density at radius 1 is 1.15 bits per heavy atom. The van der Waals surface area contributed by atoms with Crippen LogP contribution in [0.3, 0.4) is 0 Å². The van der Waals surface area contributed by atoms with Gasteiger partial charge in [-0.15, -0.1) is 0 Å². The van der Waals surface area contributed by atoms with Gasteiger partial charge in [-0.1, -0.05) is 25.2 Å². The Kier molecular flexibility index (Phi) is 9.57. The smallest absolute Gasteiger partial charge is 0.332 e. The number of rotatable bonds is 13. The number of aromatic nitrogens is 4. The largest absolute Gasteiger partial charge is 0.496 e. The Bertz CT molecular complexity index is 1640. The lowest BCUT2D eigenvalue weighted by Crippen LogP contribution is -2.44. The van der Waals surface area contributed by atoms with Crippen LogP contribution in [-0.2, 0) is 20.8 Å². The molecule has 2 atom stereocenters. The predicted octanol–water partition coefficient (Wildman–Crippen LogP) is 4.45. The number of benzene rings is 1. The summed E-state index contributed by atoms with van der Waals surface area (Å²) in [6, 6.07) is 4.85. The first-order valence-electron chi connectivity index (χ1n) is 13.3. The van der Waals surface area contributed by atoms with Gasteiger partial charge < -0.3 is 14.2 Å². The first kappa shape index (κ1) is 30.4. The maximum Gasteiger partial charge on any atom is 0.332 e. The van der Waals surface area contributed by atoms with E-state index in [1.54, 1.807) is 37.0 Å². The lowest BCUT2D eigenvalue weighted by atomic mass is 10.0. The van der Waals surface area contributed by atoms with E-state index < -0.39 is 29.2 Å². The van der Waals surface area contributed by atoms with E-state index >= 15 is 0 Å². The molecule has 220 valence electrons. The molecule has 0 spiro atoms. The summed E-state index contributed by atoms with van der Waals surface area (Å²) in [6.07, 6.45) is 2.74. The second-order valence-electron chi connectivity index (χ2n) is 10.2. The summed E-state index contributed by atoms with van der Waals surface area (Å²) in [5.41, 5.74) is -0.176. The normalized spacial score (nSPS) is 13.2. The van der Waals surface area contributed by atoms with Crippen molar-refractivity contribution in [3.63, 3.8) is 0 Å². The van der Waals surface area contributed by atoms with Crippen molar-refractivity contribution >= 4 is 27.3 Å². The van der Waals surface area contributed by atoms with Gasteiger partial charge in [0.2, 0.25) is 0 Å². The maximum absolute atomic E-state index is 14.4. The number of aryl methyl sites for hydroxylation is 1. The van der Waals surface area contributed by atoms with E-state index in [2.05, 4.69) is 5.10 Å². The molecule has 4 rings (SSSR count). The quantitative estimate of drug-likeness (QED) is 0.213. The predicted molar refractivity (Wildman–Crippen MR) is 155 cm³/mol. The summed E-state index contributed by atoms with van der Waals surface area (Å²) in [5, 5.41) is 5.29. The number of ether oxygens (including phenoxy) is 3. The highest BCUT2D eigenvalue weighted by Gasteiger charge is 2.28. The molecule has 0 saturated carbocycles. The molecule has 3 aromatic heterocycles. The second-order valence-corrected chi connectivity index (χ2v) is 11.2. The van der Waals surface area contributed by atoms with Crippen LogP contribution in [0.4, 0.5) is 4.39 Å². The van der Waals surface area contributed by atoms with Gasteiger partial charge in [0, 0.05) is 37.1 Å². The van der Waals surface area contributed by atoms with Crippen LogP contribution < -0.4 is 16.0 Å². The molecule has 4 aromatic rings. The molecule has 0 N–H and O–H groups in total. The summed E-state index contributed by atoms with van der Waals surface area (Å²) in [5.74, 6) is -0.277. The van der Waals surface area contributed by atoms with Gasteiger partial charge in [-0.05, 0) is 44.0 Å². The molecule has 0 fully saturated rings. The van der Waals surface area contributed by atoms with Gasteiger partial charge >= 0.3 is 5.69 Å². The molecule has 0 amide bonds. The minimum atomic E-state index is -0.989. The highest BCUT2D eigenvalue weighted by molar-refractivity contribution is 7.21. The lowest BCUT2D eigenvalue weighted by molar-refractivity contribution is -0.122. The molecule has 12 heteroatoms. The number of thiophene rings is 1. The van der Waals surface area contributed by atoms with Crippen molar-refractivity contribution in [2.24, 2.45) is 5.92 Å². The van der Waals surface area contributed by atoms with Crippen LogP contribution in [0.2, 0.25) is 0 Å².